The van der Waals surface area contributed by atoms with Gasteiger partial charge in [-0.15, -0.1) is 0 Å². The molecule has 29 heavy (non-hydrogen) atoms. The molecule has 0 aliphatic rings. The van der Waals surface area contributed by atoms with Gasteiger partial charge in [0.05, 0.1) is 7.11 Å². The fourth-order valence-electron chi connectivity index (χ4n) is 2.86. The highest BCUT2D eigenvalue weighted by atomic mass is 16.5. The second-order valence-electron chi connectivity index (χ2n) is 6.77. The summed E-state index contributed by atoms with van der Waals surface area (Å²) >= 11 is 0. The van der Waals surface area contributed by atoms with Crippen LogP contribution >= 0.6 is 0 Å². The third kappa shape index (κ3) is 6.82. The van der Waals surface area contributed by atoms with Crippen molar-refractivity contribution in [2.45, 2.75) is 39.3 Å². The van der Waals surface area contributed by atoms with E-state index in [0.29, 0.717) is 24.6 Å². The van der Waals surface area contributed by atoms with Crippen molar-refractivity contribution >= 4 is 11.8 Å². The lowest BCUT2D eigenvalue weighted by atomic mass is 10.1. The van der Waals surface area contributed by atoms with E-state index in [1.807, 2.05) is 42.5 Å². The Kier molecular flexibility index (Phi) is 9.02. The molecular weight excluding hydrogens is 368 g/mol. The Morgan fingerprint density at radius 1 is 1.03 bits per heavy atom. The lowest BCUT2D eigenvalue weighted by molar-refractivity contribution is -0.142. The minimum absolute atomic E-state index is 0.167. The van der Waals surface area contributed by atoms with Crippen molar-refractivity contribution in [2.75, 3.05) is 20.3 Å². The number of amides is 2. The van der Waals surface area contributed by atoms with E-state index in [0.717, 1.165) is 18.4 Å². The van der Waals surface area contributed by atoms with Crippen molar-refractivity contribution in [1.29, 1.82) is 0 Å². The van der Waals surface area contributed by atoms with Crippen molar-refractivity contribution in [2.24, 2.45) is 0 Å². The topological polar surface area (TPSA) is 67.9 Å². The fourth-order valence-corrected chi connectivity index (χ4v) is 2.86. The fraction of sp³-hybridized carbons (Fsp3) is 0.391. The molecule has 0 radical (unpaired) electrons. The van der Waals surface area contributed by atoms with Gasteiger partial charge in [-0.3, -0.25) is 9.59 Å². The molecule has 0 saturated heterocycles. The van der Waals surface area contributed by atoms with E-state index in [1.54, 1.807) is 31.1 Å². The summed E-state index contributed by atoms with van der Waals surface area (Å²) < 4.78 is 10.9. The highest BCUT2D eigenvalue weighted by Crippen LogP contribution is 2.25. The van der Waals surface area contributed by atoms with Crippen LogP contribution in [0.2, 0.25) is 0 Å². The van der Waals surface area contributed by atoms with Crippen molar-refractivity contribution in [3.05, 3.63) is 60.2 Å². The first-order valence-corrected chi connectivity index (χ1v) is 9.93. The summed E-state index contributed by atoms with van der Waals surface area (Å²) in [5.41, 5.74) is 0.950. The third-order valence-corrected chi connectivity index (χ3v) is 4.61. The molecule has 0 unspecified atom stereocenters. The van der Waals surface area contributed by atoms with Crippen molar-refractivity contribution in [3.8, 4) is 11.5 Å². The molecule has 2 aromatic carbocycles. The van der Waals surface area contributed by atoms with E-state index >= 15 is 0 Å². The van der Waals surface area contributed by atoms with E-state index in [4.69, 9.17) is 9.47 Å². The summed E-state index contributed by atoms with van der Waals surface area (Å²) in [4.78, 5) is 27.1. The number of para-hydroxylation sites is 2. The largest absolute Gasteiger partial charge is 0.493 e. The Morgan fingerprint density at radius 2 is 1.69 bits per heavy atom. The molecule has 2 aromatic rings. The maximum Gasteiger partial charge on any atom is 0.261 e. The highest BCUT2D eigenvalue weighted by Gasteiger charge is 2.26. The number of carbonyl (C=O) groups is 2. The minimum Gasteiger partial charge on any atom is -0.493 e. The number of benzene rings is 2. The molecule has 2 rings (SSSR count). The molecule has 1 N–H and O–H groups in total. The van der Waals surface area contributed by atoms with Crippen LogP contribution in [0.4, 0.5) is 0 Å². The van der Waals surface area contributed by atoms with E-state index in [1.165, 1.54) is 0 Å². The molecule has 0 aromatic heterocycles. The first kappa shape index (κ1) is 22.3. The second kappa shape index (κ2) is 11.7. The van der Waals surface area contributed by atoms with Gasteiger partial charge in [-0.2, -0.15) is 0 Å². The highest BCUT2D eigenvalue weighted by molar-refractivity contribution is 5.88. The molecule has 0 aliphatic heterocycles. The van der Waals surface area contributed by atoms with Crippen LogP contribution in [0.3, 0.4) is 0 Å². The lowest BCUT2D eigenvalue weighted by Crippen LogP contribution is -2.49. The SMILES string of the molecule is CCCCNC(=O)[C@@H](C)N(Cc1ccccc1)C(=O)COc1ccccc1OC. The standard InChI is InChI=1S/C23H30N2O4/c1-4-5-15-24-23(27)18(2)25(16-19-11-7-6-8-12-19)22(26)17-29-21-14-10-9-13-20(21)28-3/h6-14,18H,4-5,15-17H2,1-3H3,(H,24,27)/t18-/m1/s1. The molecular formula is C23H30N2O4. The van der Waals surface area contributed by atoms with E-state index in [-0.39, 0.29) is 18.4 Å². The molecule has 0 fully saturated rings. The molecule has 2 amide bonds. The summed E-state index contributed by atoms with van der Waals surface area (Å²) in [6.07, 6.45) is 1.90. The van der Waals surface area contributed by atoms with Gasteiger partial charge in [0.1, 0.15) is 6.04 Å². The Hall–Kier alpha value is -3.02. The average Bonchev–Trinajstić information content (AvgIpc) is 2.76. The number of nitrogens with one attached hydrogen (secondary N) is 1. The van der Waals surface area contributed by atoms with Crippen LogP contribution in [0.1, 0.15) is 32.3 Å². The summed E-state index contributed by atoms with van der Waals surface area (Å²) in [5.74, 6) is 0.612. The van der Waals surface area contributed by atoms with Gasteiger partial charge in [-0.05, 0) is 31.0 Å². The maximum atomic E-state index is 13.0. The maximum absolute atomic E-state index is 13.0. The molecule has 6 heteroatoms. The first-order valence-electron chi connectivity index (χ1n) is 9.93. The van der Waals surface area contributed by atoms with E-state index < -0.39 is 6.04 Å². The predicted molar refractivity (Wildman–Crippen MR) is 113 cm³/mol. The summed E-state index contributed by atoms with van der Waals surface area (Å²) in [6.45, 7) is 4.56. The molecule has 6 nitrogen and oxygen atoms in total. The van der Waals surface area contributed by atoms with Gasteiger partial charge < -0.3 is 19.7 Å². The summed E-state index contributed by atoms with van der Waals surface area (Å²) in [7, 11) is 1.55. The van der Waals surface area contributed by atoms with Gasteiger partial charge in [0.15, 0.2) is 18.1 Å². The number of nitrogens with zero attached hydrogens (tertiary/aromatic N) is 1. The zero-order valence-electron chi connectivity index (χ0n) is 17.4. The first-order chi connectivity index (χ1) is 14.1. The number of carbonyl (C=O) groups excluding carboxylic acids is 2. The van der Waals surface area contributed by atoms with Gasteiger partial charge in [-0.25, -0.2) is 0 Å². The molecule has 0 bridgehead atoms. The normalized spacial score (nSPS) is 11.4. The summed E-state index contributed by atoms with van der Waals surface area (Å²) in [5, 5.41) is 2.90. The third-order valence-electron chi connectivity index (χ3n) is 4.61. The molecule has 0 spiro atoms. The molecule has 0 aliphatic carbocycles. The monoisotopic (exact) mass is 398 g/mol. The van der Waals surface area contributed by atoms with Crippen LogP contribution in [-0.2, 0) is 16.1 Å². The smallest absolute Gasteiger partial charge is 0.261 e. The molecule has 1 atom stereocenters. The zero-order chi connectivity index (χ0) is 21.1. The van der Waals surface area contributed by atoms with E-state index in [9.17, 15) is 9.59 Å². The van der Waals surface area contributed by atoms with Crippen LogP contribution in [0.15, 0.2) is 54.6 Å². The van der Waals surface area contributed by atoms with Crippen LogP contribution in [0, 0.1) is 0 Å². The van der Waals surface area contributed by atoms with Crippen LogP contribution < -0.4 is 14.8 Å². The number of unbranched alkanes of at least 4 members (excludes halogenated alkanes) is 1. The Bertz CT molecular complexity index is 779. The number of methoxy groups -OCH3 is 1. The second-order valence-corrected chi connectivity index (χ2v) is 6.77. The van der Waals surface area contributed by atoms with E-state index in [2.05, 4.69) is 12.2 Å². The van der Waals surface area contributed by atoms with Crippen molar-refractivity contribution in [1.82, 2.24) is 10.2 Å². The quantitative estimate of drug-likeness (QED) is 0.589. The van der Waals surface area contributed by atoms with Crippen LogP contribution in [-0.4, -0.2) is 43.0 Å². The minimum atomic E-state index is -0.610. The Labute approximate surface area is 172 Å². The molecule has 0 saturated carbocycles. The van der Waals surface area contributed by atoms with Gasteiger partial charge in [0, 0.05) is 13.1 Å². The van der Waals surface area contributed by atoms with Crippen LogP contribution in [0.5, 0.6) is 11.5 Å². The number of hydrogen-bond donors (Lipinski definition) is 1. The van der Waals surface area contributed by atoms with Crippen molar-refractivity contribution < 1.29 is 19.1 Å². The number of ether oxygens (including phenoxy) is 2. The molecule has 0 heterocycles. The Balaban J connectivity index is 2.10. The van der Waals surface area contributed by atoms with Crippen LogP contribution in [0.25, 0.3) is 0 Å². The average molecular weight is 399 g/mol. The Morgan fingerprint density at radius 3 is 2.34 bits per heavy atom. The lowest BCUT2D eigenvalue weighted by Gasteiger charge is -2.28. The van der Waals surface area contributed by atoms with Gasteiger partial charge in [0.25, 0.3) is 5.91 Å². The van der Waals surface area contributed by atoms with Gasteiger partial charge in [0.2, 0.25) is 5.91 Å². The predicted octanol–water partition coefficient (Wildman–Crippen LogP) is 3.41. The van der Waals surface area contributed by atoms with Crippen molar-refractivity contribution in [3.63, 3.8) is 0 Å². The van der Waals surface area contributed by atoms with Gasteiger partial charge >= 0.3 is 0 Å². The summed E-state index contributed by atoms with van der Waals surface area (Å²) in [6, 6.07) is 16.2. The number of hydrogen-bond acceptors (Lipinski definition) is 4. The molecule has 156 valence electrons. The zero-order valence-corrected chi connectivity index (χ0v) is 17.4. The van der Waals surface area contributed by atoms with Gasteiger partial charge in [-0.1, -0.05) is 55.8 Å². The number of rotatable bonds is 11.